The fourth-order valence-corrected chi connectivity index (χ4v) is 4.67. The summed E-state index contributed by atoms with van der Waals surface area (Å²) in [6.45, 7) is 3.52. The van der Waals surface area contributed by atoms with Crippen LogP contribution in [0.2, 0.25) is 5.02 Å². The maximum Gasteiger partial charge on any atom is 0.262 e. The molecule has 4 nitrogen and oxygen atoms in total. The largest absolute Gasteiger partial charge is 0.312 e. The molecule has 124 valence electrons. The molecule has 0 spiro atoms. The predicted molar refractivity (Wildman–Crippen MR) is 94.5 cm³/mol. The molecule has 1 aliphatic rings. The summed E-state index contributed by atoms with van der Waals surface area (Å²) in [5.74, 6) is -0.392. The molecule has 0 aliphatic carbocycles. The van der Waals surface area contributed by atoms with Gasteiger partial charge in [0.05, 0.1) is 17.8 Å². The third-order valence-corrected chi connectivity index (χ3v) is 5.95. The SMILES string of the molecule is C[C@@H](c1ccc(F)cc1Cl)n1cnc2sc3c(c2c1=O)CCNC3. The molecule has 1 N–H and O–H groups in total. The molecule has 1 aliphatic heterocycles. The van der Waals surface area contributed by atoms with E-state index >= 15 is 0 Å². The molecule has 24 heavy (non-hydrogen) atoms. The number of thiophene rings is 1. The summed E-state index contributed by atoms with van der Waals surface area (Å²) in [5, 5.41) is 4.34. The lowest BCUT2D eigenvalue weighted by atomic mass is 10.1. The van der Waals surface area contributed by atoms with Crippen LogP contribution < -0.4 is 10.9 Å². The highest BCUT2D eigenvalue weighted by molar-refractivity contribution is 7.18. The van der Waals surface area contributed by atoms with Crippen molar-refractivity contribution in [1.82, 2.24) is 14.9 Å². The van der Waals surface area contributed by atoms with E-state index in [1.54, 1.807) is 28.3 Å². The Labute approximate surface area is 146 Å². The van der Waals surface area contributed by atoms with Crippen molar-refractivity contribution in [3.05, 3.63) is 61.7 Å². The van der Waals surface area contributed by atoms with Gasteiger partial charge in [0, 0.05) is 16.4 Å². The van der Waals surface area contributed by atoms with Crippen LogP contribution in [0.15, 0.2) is 29.3 Å². The molecule has 0 saturated carbocycles. The van der Waals surface area contributed by atoms with E-state index in [1.807, 2.05) is 6.92 Å². The first-order valence-electron chi connectivity index (χ1n) is 7.73. The van der Waals surface area contributed by atoms with Crippen LogP contribution in [0, 0.1) is 5.82 Å². The minimum atomic E-state index is -0.392. The summed E-state index contributed by atoms with van der Waals surface area (Å²) in [7, 11) is 0. The maximum atomic E-state index is 13.3. The third-order valence-electron chi connectivity index (χ3n) is 4.49. The second-order valence-corrected chi connectivity index (χ2v) is 7.40. The first kappa shape index (κ1) is 15.7. The zero-order chi connectivity index (χ0) is 16.8. The molecule has 0 fully saturated rings. The van der Waals surface area contributed by atoms with Gasteiger partial charge >= 0.3 is 0 Å². The summed E-state index contributed by atoms with van der Waals surface area (Å²) >= 11 is 7.73. The molecule has 1 atom stereocenters. The smallest absolute Gasteiger partial charge is 0.262 e. The maximum absolute atomic E-state index is 13.3. The molecule has 4 rings (SSSR count). The molecule has 2 aromatic heterocycles. The molecule has 7 heteroatoms. The van der Waals surface area contributed by atoms with Crippen LogP contribution in [-0.2, 0) is 13.0 Å². The van der Waals surface area contributed by atoms with Crippen molar-refractivity contribution >= 4 is 33.2 Å². The second kappa shape index (κ2) is 5.95. The summed E-state index contributed by atoms with van der Waals surface area (Å²) < 4.78 is 14.9. The van der Waals surface area contributed by atoms with Crippen molar-refractivity contribution in [3.8, 4) is 0 Å². The van der Waals surface area contributed by atoms with Gasteiger partial charge in [0.25, 0.3) is 5.56 Å². The molecule has 0 bridgehead atoms. The number of nitrogens with one attached hydrogen (secondary N) is 1. The van der Waals surface area contributed by atoms with Gasteiger partial charge in [0.1, 0.15) is 10.6 Å². The van der Waals surface area contributed by atoms with Crippen LogP contribution in [0.5, 0.6) is 0 Å². The zero-order valence-corrected chi connectivity index (χ0v) is 14.5. The fraction of sp³-hybridized carbons (Fsp3) is 0.294. The minimum Gasteiger partial charge on any atom is -0.312 e. The quantitative estimate of drug-likeness (QED) is 0.758. The first-order valence-corrected chi connectivity index (χ1v) is 8.92. The van der Waals surface area contributed by atoms with E-state index in [0.29, 0.717) is 16.0 Å². The van der Waals surface area contributed by atoms with Gasteiger partial charge in [-0.1, -0.05) is 17.7 Å². The lowest BCUT2D eigenvalue weighted by Gasteiger charge is -2.17. The summed E-state index contributed by atoms with van der Waals surface area (Å²) in [6.07, 6.45) is 2.40. The van der Waals surface area contributed by atoms with Crippen molar-refractivity contribution in [1.29, 1.82) is 0 Å². The number of hydrogen-bond donors (Lipinski definition) is 1. The Balaban J connectivity index is 1.88. The van der Waals surface area contributed by atoms with E-state index in [4.69, 9.17) is 11.6 Å². The van der Waals surface area contributed by atoms with Crippen molar-refractivity contribution in [3.63, 3.8) is 0 Å². The van der Waals surface area contributed by atoms with E-state index in [9.17, 15) is 9.18 Å². The van der Waals surface area contributed by atoms with E-state index in [2.05, 4.69) is 10.3 Å². The number of benzene rings is 1. The van der Waals surface area contributed by atoms with Gasteiger partial charge in [-0.25, -0.2) is 9.37 Å². The average Bonchev–Trinajstić information content (AvgIpc) is 2.94. The predicted octanol–water partition coefficient (Wildman–Crippen LogP) is 3.51. The molecule has 0 amide bonds. The van der Waals surface area contributed by atoms with Gasteiger partial charge in [0.15, 0.2) is 0 Å². The standard InChI is InChI=1S/C17H15ClFN3OS/c1-9(11-3-2-10(19)6-13(11)18)22-8-21-16-15(17(22)23)12-4-5-20-7-14(12)24-16/h2-3,6,8-9,20H,4-5,7H2,1H3/t9-/m0/s1. The molecule has 0 saturated heterocycles. The van der Waals surface area contributed by atoms with Crippen molar-refractivity contribution in [2.45, 2.75) is 25.9 Å². The van der Waals surface area contributed by atoms with Crippen molar-refractivity contribution in [2.75, 3.05) is 6.54 Å². The number of halogens is 2. The Morgan fingerprint density at radius 1 is 1.46 bits per heavy atom. The highest BCUT2D eigenvalue weighted by atomic mass is 35.5. The Bertz CT molecular complexity index is 997. The van der Waals surface area contributed by atoms with Gasteiger partial charge in [-0.2, -0.15) is 0 Å². The summed E-state index contributed by atoms with van der Waals surface area (Å²) in [6, 6.07) is 3.92. The zero-order valence-electron chi connectivity index (χ0n) is 13.0. The molecule has 0 unspecified atom stereocenters. The number of rotatable bonds is 2. The Kier molecular flexibility index (Phi) is 3.90. The van der Waals surface area contributed by atoms with Gasteiger partial charge in [-0.05, 0) is 43.1 Å². The summed E-state index contributed by atoms with van der Waals surface area (Å²) in [4.78, 5) is 19.5. The van der Waals surface area contributed by atoms with E-state index in [1.165, 1.54) is 17.0 Å². The Morgan fingerprint density at radius 2 is 2.29 bits per heavy atom. The van der Waals surface area contributed by atoms with Crippen LogP contribution >= 0.6 is 22.9 Å². The Morgan fingerprint density at radius 3 is 3.08 bits per heavy atom. The molecular formula is C17H15ClFN3OS. The Hall–Kier alpha value is -1.76. The minimum absolute atomic E-state index is 0.0627. The van der Waals surface area contributed by atoms with E-state index < -0.39 is 5.82 Å². The van der Waals surface area contributed by atoms with E-state index in [0.717, 1.165) is 29.9 Å². The van der Waals surface area contributed by atoms with Gasteiger partial charge < -0.3 is 5.32 Å². The van der Waals surface area contributed by atoms with Crippen LogP contribution in [0.3, 0.4) is 0 Å². The molecule has 3 aromatic rings. The monoisotopic (exact) mass is 363 g/mol. The topological polar surface area (TPSA) is 46.9 Å². The van der Waals surface area contributed by atoms with Crippen LogP contribution in [0.1, 0.15) is 29.0 Å². The first-order chi connectivity index (χ1) is 11.6. The van der Waals surface area contributed by atoms with E-state index in [-0.39, 0.29) is 11.6 Å². The highest BCUT2D eigenvalue weighted by Gasteiger charge is 2.22. The number of hydrogen-bond acceptors (Lipinski definition) is 4. The average molecular weight is 364 g/mol. The van der Waals surface area contributed by atoms with Crippen molar-refractivity contribution < 1.29 is 4.39 Å². The van der Waals surface area contributed by atoms with Crippen molar-refractivity contribution in [2.24, 2.45) is 0 Å². The molecular weight excluding hydrogens is 349 g/mol. The highest BCUT2D eigenvalue weighted by Crippen LogP contribution is 2.31. The summed E-state index contributed by atoms with van der Waals surface area (Å²) in [5.41, 5.74) is 1.75. The third kappa shape index (κ3) is 2.46. The van der Waals surface area contributed by atoms with Gasteiger partial charge in [-0.15, -0.1) is 11.3 Å². The molecule has 0 radical (unpaired) electrons. The number of nitrogens with zero attached hydrogens (tertiary/aromatic N) is 2. The van der Waals surface area contributed by atoms with Crippen LogP contribution in [0.25, 0.3) is 10.2 Å². The lowest BCUT2D eigenvalue weighted by Crippen LogP contribution is -2.27. The molecule has 1 aromatic carbocycles. The van der Waals surface area contributed by atoms with Gasteiger partial charge in [-0.3, -0.25) is 9.36 Å². The normalized spacial score (nSPS) is 15.5. The van der Waals surface area contributed by atoms with Crippen LogP contribution in [0.4, 0.5) is 4.39 Å². The van der Waals surface area contributed by atoms with Gasteiger partial charge in [0.2, 0.25) is 0 Å². The number of aromatic nitrogens is 2. The number of fused-ring (bicyclic) bond motifs is 3. The molecule has 3 heterocycles. The fourth-order valence-electron chi connectivity index (χ4n) is 3.19. The lowest BCUT2D eigenvalue weighted by molar-refractivity contribution is 0.599. The second-order valence-electron chi connectivity index (χ2n) is 5.91. The van der Waals surface area contributed by atoms with Crippen LogP contribution in [-0.4, -0.2) is 16.1 Å².